The minimum absolute atomic E-state index is 0.0919. The van der Waals surface area contributed by atoms with Crippen molar-refractivity contribution < 1.29 is 4.79 Å². The first kappa shape index (κ1) is 21.5. The number of fused-ring (bicyclic) bond motifs is 1. The van der Waals surface area contributed by atoms with Crippen LogP contribution in [0.2, 0.25) is 0 Å². The number of amides is 1. The van der Waals surface area contributed by atoms with Crippen molar-refractivity contribution in [3.8, 4) is 0 Å². The fourth-order valence-electron chi connectivity index (χ4n) is 4.29. The Morgan fingerprint density at radius 3 is 2.61 bits per heavy atom. The number of likely N-dealkylation sites (tertiary alicyclic amines) is 1. The lowest BCUT2D eigenvalue weighted by molar-refractivity contribution is 0.0950. The second-order valence-corrected chi connectivity index (χ2v) is 9.13. The quantitative estimate of drug-likeness (QED) is 0.640. The number of aryl methyl sites for hydroxylation is 1. The molecule has 0 aliphatic carbocycles. The molecule has 6 heteroatoms. The zero-order valence-electron chi connectivity index (χ0n) is 19.1. The maximum atomic E-state index is 13.0. The molecule has 0 spiro atoms. The molecule has 31 heavy (non-hydrogen) atoms. The molecule has 1 aromatic carbocycles. The molecular formula is C25H33N5O. The second-order valence-electron chi connectivity index (χ2n) is 9.13. The Morgan fingerprint density at radius 2 is 1.90 bits per heavy atom. The topological polar surface area (TPSA) is 63.1 Å². The van der Waals surface area contributed by atoms with Gasteiger partial charge in [0.2, 0.25) is 0 Å². The average molecular weight is 420 g/mol. The molecule has 0 radical (unpaired) electrons. The number of hydrogen-bond donors (Lipinski definition) is 1. The van der Waals surface area contributed by atoms with E-state index in [9.17, 15) is 4.79 Å². The number of piperidine rings is 1. The molecule has 4 rings (SSSR count). The number of nitrogens with zero attached hydrogens (tertiary/aromatic N) is 4. The van der Waals surface area contributed by atoms with Crippen LogP contribution in [0.1, 0.15) is 66.8 Å². The first-order chi connectivity index (χ1) is 14.9. The van der Waals surface area contributed by atoms with Crippen LogP contribution >= 0.6 is 0 Å². The van der Waals surface area contributed by atoms with Crippen LogP contribution in [0.3, 0.4) is 0 Å². The number of carbonyl (C=O) groups is 1. The number of rotatable bonds is 6. The highest BCUT2D eigenvalue weighted by Crippen LogP contribution is 2.21. The number of hydrogen-bond acceptors (Lipinski definition) is 4. The third-order valence-electron chi connectivity index (χ3n) is 6.32. The van der Waals surface area contributed by atoms with Gasteiger partial charge < -0.3 is 5.32 Å². The maximum absolute atomic E-state index is 13.0. The molecule has 164 valence electrons. The molecule has 1 N–H and O–H groups in total. The summed E-state index contributed by atoms with van der Waals surface area (Å²) in [6.07, 6.45) is 4.31. The lowest BCUT2D eigenvalue weighted by atomic mass is 9.98. The number of aromatic nitrogens is 3. The van der Waals surface area contributed by atoms with E-state index >= 15 is 0 Å². The smallest absolute Gasteiger partial charge is 0.253 e. The second kappa shape index (κ2) is 9.18. The van der Waals surface area contributed by atoms with Crippen molar-refractivity contribution in [2.45, 2.75) is 59.7 Å². The fourth-order valence-corrected chi connectivity index (χ4v) is 4.29. The molecule has 0 bridgehead atoms. The van der Waals surface area contributed by atoms with Crippen molar-refractivity contribution in [1.29, 1.82) is 0 Å². The normalized spacial score (nSPS) is 15.6. The molecular weight excluding hydrogens is 386 g/mol. The van der Waals surface area contributed by atoms with Crippen molar-refractivity contribution in [3.05, 3.63) is 58.9 Å². The van der Waals surface area contributed by atoms with E-state index < -0.39 is 0 Å². The van der Waals surface area contributed by atoms with Crippen LogP contribution in [0.25, 0.3) is 11.0 Å². The van der Waals surface area contributed by atoms with Crippen molar-refractivity contribution in [2.75, 3.05) is 13.1 Å². The molecule has 0 saturated carbocycles. The fraction of sp³-hybridized carbons (Fsp3) is 0.480. The third-order valence-corrected chi connectivity index (χ3v) is 6.32. The highest BCUT2D eigenvalue weighted by molar-refractivity contribution is 5.98. The van der Waals surface area contributed by atoms with Gasteiger partial charge in [-0.1, -0.05) is 31.2 Å². The number of benzene rings is 1. The first-order valence-electron chi connectivity index (χ1n) is 11.3. The summed E-state index contributed by atoms with van der Waals surface area (Å²) >= 11 is 0. The van der Waals surface area contributed by atoms with Crippen LogP contribution < -0.4 is 5.32 Å². The monoisotopic (exact) mass is 419 g/mol. The summed E-state index contributed by atoms with van der Waals surface area (Å²) < 4.78 is 1.89. The van der Waals surface area contributed by atoms with Crippen molar-refractivity contribution in [1.82, 2.24) is 25.0 Å². The van der Waals surface area contributed by atoms with Crippen molar-refractivity contribution in [3.63, 3.8) is 0 Å². The van der Waals surface area contributed by atoms with Crippen LogP contribution in [-0.4, -0.2) is 38.7 Å². The van der Waals surface area contributed by atoms with Gasteiger partial charge in [0.1, 0.15) is 0 Å². The Labute approximate surface area is 184 Å². The summed E-state index contributed by atoms with van der Waals surface area (Å²) in [6.45, 7) is 12.1. The largest absolute Gasteiger partial charge is 0.348 e. The maximum Gasteiger partial charge on any atom is 0.253 e. The molecule has 1 fully saturated rings. The zero-order chi connectivity index (χ0) is 22.0. The van der Waals surface area contributed by atoms with Crippen LogP contribution in [0, 0.1) is 12.8 Å². The predicted octanol–water partition coefficient (Wildman–Crippen LogP) is 4.48. The Balaban J connectivity index is 1.46. The SMILES string of the molecule is Cc1nc2c(cnn2C(C)C)cc1C(=O)NCc1ccccc1CN1CCC(C)CC1. The van der Waals surface area contributed by atoms with E-state index in [1.165, 1.54) is 24.0 Å². The predicted molar refractivity (Wildman–Crippen MR) is 124 cm³/mol. The lowest BCUT2D eigenvalue weighted by Gasteiger charge is -2.30. The first-order valence-corrected chi connectivity index (χ1v) is 11.3. The van der Waals surface area contributed by atoms with E-state index in [2.05, 4.69) is 59.3 Å². The molecule has 1 saturated heterocycles. The van der Waals surface area contributed by atoms with Gasteiger partial charge in [-0.2, -0.15) is 5.10 Å². The van der Waals surface area contributed by atoms with E-state index in [0.717, 1.165) is 42.3 Å². The molecule has 3 heterocycles. The highest BCUT2D eigenvalue weighted by atomic mass is 16.1. The van der Waals surface area contributed by atoms with Crippen LogP contribution in [0.5, 0.6) is 0 Å². The van der Waals surface area contributed by atoms with Crippen LogP contribution in [-0.2, 0) is 13.1 Å². The molecule has 0 unspecified atom stereocenters. The Bertz CT molecular complexity index is 1060. The summed E-state index contributed by atoms with van der Waals surface area (Å²) in [5.41, 5.74) is 4.63. The summed E-state index contributed by atoms with van der Waals surface area (Å²) in [5.74, 6) is 0.735. The van der Waals surface area contributed by atoms with Gasteiger partial charge in [-0.15, -0.1) is 0 Å². The van der Waals surface area contributed by atoms with E-state index in [0.29, 0.717) is 12.1 Å². The van der Waals surface area contributed by atoms with Gasteiger partial charge in [0, 0.05) is 24.5 Å². The minimum atomic E-state index is -0.0919. The Morgan fingerprint density at radius 1 is 1.19 bits per heavy atom. The highest BCUT2D eigenvalue weighted by Gasteiger charge is 2.18. The summed E-state index contributed by atoms with van der Waals surface area (Å²) in [6, 6.07) is 10.6. The standard InChI is InChI=1S/C25H33N5O/c1-17(2)30-24-22(15-27-30)13-23(19(4)28-24)25(31)26-14-20-7-5-6-8-21(20)16-29-11-9-18(3)10-12-29/h5-8,13,15,17-18H,9-12,14,16H2,1-4H3,(H,26,31). The van der Waals surface area contributed by atoms with Gasteiger partial charge in [0.15, 0.2) is 5.65 Å². The van der Waals surface area contributed by atoms with E-state index in [4.69, 9.17) is 0 Å². The van der Waals surface area contributed by atoms with Gasteiger partial charge in [-0.05, 0) is 69.8 Å². The summed E-state index contributed by atoms with van der Waals surface area (Å²) in [5, 5.41) is 8.42. The van der Waals surface area contributed by atoms with E-state index in [1.807, 2.05) is 23.7 Å². The molecule has 1 aliphatic rings. The van der Waals surface area contributed by atoms with Crippen LogP contribution in [0.15, 0.2) is 36.5 Å². The molecule has 3 aromatic rings. The number of pyridine rings is 1. The van der Waals surface area contributed by atoms with Crippen molar-refractivity contribution >= 4 is 16.9 Å². The molecule has 2 aromatic heterocycles. The van der Waals surface area contributed by atoms with Gasteiger partial charge in [-0.3, -0.25) is 9.69 Å². The molecule has 1 aliphatic heterocycles. The Kier molecular flexibility index (Phi) is 6.37. The summed E-state index contributed by atoms with van der Waals surface area (Å²) in [4.78, 5) is 20.2. The van der Waals surface area contributed by atoms with Crippen molar-refractivity contribution in [2.24, 2.45) is 5.92 Å². The number of carbonyl (C=O) groups excluding carboxylic acids is 1. The van der Waals surface area contributed by atoms with Gasteiger partial charge in [0.05, 0.1) is 17.5 Å². The minimum Gasteiger partial charge on any atom is -0.348 e. The lowest BCUT2D eigenvalue weighted by Crippen LogP contribution is -2.33. The summed E-state index contributed by atoms with van der Waals surface area (Å²) in [7, 11) is 0. The number of nitrogens with one attached hydrogen (secondary N) is 1. The molecule has 0 atom stereocenters. The zero-order valence-corrected chi connectivity index (χ0v) is 19.1. The van der Waals surface area contributed by atoms with E-state index in [-0.39, 0.29) is 11.9 Å². The van der Waals surface area contributed by atoms with E-state index in [1.54, 1.807) is 6.20 Å². The van der Waals surface area contributed by atoms with Gasteiger partial charge >= 0.3 is 0 Å². The van der Waals surface area contributed by atoms with Gasteiger partial charge in [-0.25, -0.2) is 9.67 Å². The van der Waals surface area contributed by atoms with Gasteiger partial charge in [0.25, 0.3) is 5.91 Å². The van der Waals surface area contributed by atoms with Crippen LogP contribution in [0.4, 0.5) is 0 Å². The average Bonchev–Trinajstić information content (AvgIpc) is 3.17. The molecule has 6 nitrogen and oxygen atoms in total. The Hall–Kier alpha value is -2.73. The molecule has 1 amide bonds. The third kappa shape index (κ3) is 4.79.